The van der Waals surface area contributed by atoms with Gasteiger partial charge in [-0.05, 0) is 43.5 Å². The van der Waals surface area contributed by atoms with Gasteiger partial charge in [0, 0.05) is 36.9 Å². The lowest BCUT2D eigenvalue weighted by Crippen LogP contribution is -2.31. The van der Waals surface area contributed by atoms with E-state index in [0.29, 0.717) is 6.04 Å². The summed E-state index contributed by atoms with van der Waals surface area (Å²) in [4.78, 5) is 2.68. The van der Waals surface area contributed by atoms with Crippen molar-refractivity contribution in [2.45, 2.75) is 38.8 Å². The van der Waals surface area contributed by atoms with Gasteiger partial charge in [0.2, 0.25) is 0 Å². The fraction of sp³-hybridized carbons (Fsp3) is 0.444. The maximum absolute atomic E-state index is 2.68. The first-order valence-corrected chi connectivity index (χ1v) is 7.80. The fourth-order valence-corrected chi connectivity index (χ4v) is 4.00. The highest BCUT2D eigenvalue weighted by molar-refractivity contribution is 5.35. The van der Waals surface area contributed by atoms with Crippen molar-refractivity contribution in [2.24, 2.45) is 0 Å². The number of nitrogens with zero attached hydrogens (tertiary/aromatic N) is 2. The van der Waals surface area contributed by atoms with Gasteiger partial charge in [0.05, 0.1) is 0 Å². The van der Waals surface area contributed by atoms with Crippen molar-refractivity contribution in [1.29, 1.82) is 0 Å². The van der Waals surface area contributed by atoms with Gasteiger partial charge in [0.25, 0.3) is 0 Å². The van der Waals surface area contributed by atoms with E-state index in [-0.39, 0.29) is 0 Å². The van der Waals surface area contributed by atoms with Crippen LogP contribution >= 0.6 is 0 Å². The summed E-state index contributed by atoms with van der Waals surface area (Å²) in [5, 5.41) is 0. The van der Waals surface area contributed by atoms with Crippen LogP contribution in [0, 0.1) is 6.92 Å². The van der Waals surface area contributed by atoms with Gasteiger partial charge in [0.15, 0.2) is 0 Å². The SMILES string of the molecule is Cc1cc2c(n1Cc1ccccc1)CCN1CCCC21. The van der Waals surface area contributed by atoms with Crippen LogP contribution in [0.4, 0.5) is 0 Å². The summed E-state index contributed by atoms with van der Waals surface area (Å²) in [5.74, 6) is 0. The van der Waals surface area contributed by atoms with Crippen molar-refractivity contribution in [1.82, 2.24) is 9.47 Å². The minimum Gasteiger partial charge on any atom is -0.344 e. The molecule has 1 fully saturated rings. The molecule has 1 aromatic heterocycles. The summed E-state index contributed by atoms with van der Waals surface area (Å²) >= 11 is 0. The summed E-state index contributed by atoms with van der Waals surface area (Å²) in [7, 11) is 0. The first-order chi connectivity index (χ1) is 9.83. The van der Waals surface area contributed by atoms with Crippen LogP contribution in [0.5, 0.6) is 0 Å². The molecule has 0 bridgehead atoms. The molecule has 1 unspecified atom stereocenters. The Morgan fingerprint density at radius 2 is 2.00 bits per heavy atom. The zero-order valence-electron chi connectivity index (χ0n) is 12.2. The molecule has 20 heavy (non-hydrogen) atoms. The molecule has 1 saturated heterocycles. The van der Waals surface area contributed by atoms with Gasteiger partial charge < -0.3 is 4.57 Å². The molecule has 104 valence electrons. The Labute approximate surface area is 121 Å². The Morgan fingerprint density at radius 3 is 2.85 bits per heavy atom. The van der Waals surface area contributed by atoms with Crippen molar-refractivity contribution in [3.05, 3.63) is 58.9 Å². The van der Waals surface area contributed by atoms with E-state index in [1.54, 1.807) is 11.3 Å². The van der Waals surface area contributed by atoms with Gasteiger partial charge in [-0.15, -0.1) is 0 Å². The van der Waals surface area contributed by atoms with Crippen LogP contribution in [0.15, 0.2) is 36.4 Å². The lowest BCUT2D eigenvalue weighted by molar-refractivity contribution is 0.241. The average molecular weight is 266 g/mol. The van der Waals surface area contributed by atoms with Crippen molar-refractivity contribution < 1.29 is 0 Å². The van der Waals surface area contributed by atoms with Crippen molar-refractivity contribution >= 4 is 0 Å². The summed E-state index contributed by atoms with van der Waals surface area (Å²) in [6, 6.07) is 14.0. The third-order valence-electron chi connectivity index (χ3n) is 4.99. The number of fused-ring (bicyclic) bond motifs is 3. The highest BCUT2D eigenvalue weighted by Crippen LogP contribution is 2.39. The van der Waals surface area contributed by atoms with E-state index >= 15 is 0 Å². The van der Waals surface area contributed by atoms with Crippen LogP contribution in [0.2, 0.25) is 0 Å². The van der Waals surface area contributed by atoms with E-state index in [2.05, 4.69) is 52.8 Å². The third-order valence-corrected chi connectivity index (χ3v) is 4.99. The lowest BCUT2D eigenvalue weighted by Gasteiger charge is -2.30. The smallest absolute Gasteiger partial charge is 0.0475 e. The molecule has 4 rings (SSSR count). The molecule has 2 aliphatic rings. The molecular formula is C18H22N2. The first kappa shape index (κ1) is 12.2. The predicted molar refractivity (Wildman–Crippen MR) is 82.0 cm³/mol. The second-order valence-corrected chi connectivity index (χ2v) is 6.20. The van der Waals surface area contributed by atoms with Crippen molar-refractivity contribution in [3.8, 4) is 0 Å². The van der Waals surface area contributed by atoms with Gasteiger partial charge in [-0.3, -0.25) is 4.90 Å². The van der Waals surface area contributed by atoms with Crippen LogP contribution in [0.1, 0.15) is 41.4 Å². The quantitative estimate of drug-likeness (QED) is 0.807. The number of rotatable bonds is 2. The van der Waals surface area contributed by atoms with E-state index in [9.17, 15) is 0 Å². The summed E-state index contributed by atoms with van der Waals surface area (Å²) in [5.41, 5.74) is 6.03. The van der Waals surface area contributed by atoms with E-state index in [1.807, 2.05) is 0 Å². The normalized spacial score (nSPS) is 21.8. The highest BCUT2D eigenvalue weighted by atomic mass is 15.2. The molecule has 0 saturated carbocycles. The molecule has 0 N–H and O–H groups in total. The molecule has 2 aliphatic heterocycles. The standard InChI is InChI=1S/C18H22N2/c1-14-12-16-17-8-5-10-19(17)11-9-18(16)20(14)13-15-6-3-2-4-7-15/h2-4,6-7,12,17H,5,8-11,13H2,1H3. The van der Waals surface area contributed by atoms with Crippen molar-refractivity contribution in [2.75, 3.05) is 13.1 Å². The second kappa shape index (κ2) is 4.78. The number of hydrogen-bond donors (Lipinski definition) is 0. The van der Waals surface area contributed by atoms with Gasteiger partial charge in [-0.1, -0.05) is 30.3 Å². The summed E-state index contributed by atoms with van der Waals surface area (Å²) in [6.07, 6.45) is 3.93. The Balaban J connectivity index is 1.71. The van der Waals surface area contributed by atoms with Gasteiger partial charge in [-0.25, -0.2) is 0 Å². The number of hydrogen-bond acceptors (Lipinski definition) is 1. The van der Waals surface area contributed by atoms with E-state index in [1.165, 1.54) is 43.6 Å². The fourth-order valence-electron chi connectivity index (χ4n) is 4.00. The molecular weight excluding hydrogens is 244 g/mol. The monoisotopic (exact) mass is 266 g/mol. The topological polar surface area (TPSA) is 8.17 Å². The minimum absolute atomic E-state index is 0.703. The number of aryl methyl sites for hydroxylation is 1. The Morgan fingerprint density at radius 1 is 1.15 bits per heavy atom. The van der Waals surface area contributed by atoms with Crippen LogP contribution in [-0.2, 0) is 13.0 Å². The Bertz CT molecular complexity index is 612. The summed E-state index contributed by atoms with van der Waals surface area (Å²) < 4.78 is 2.54. The van der Waals surface area contributed by atoms with Crippen LogP contribution in [-0.4, -0.2) is 22.6 Å². The Hall–Kier alpha value is -1.54. The van der Waals surface area contributed by atoms with E-state index in [4.69, 9.17) is 0 Å². The highest BCUT2D eigenvalue weighted by Gasteiger charge is 2.33. The molecule has 2 nitrogen and oxygen atoms in total. The average Bonchev–Trinajstić information content (AvgIpc) is 3.05. The van der Waals surface area contributed by atoms with Gasteiger partial charge in [0.1, 0.15) is 0 Å². The molecule has 3 heterocycles. The van der Waals surface area contributed by atoms with Crippen LogP contribution in [0.3, 0.4) is 0 Å². The minimum atomic E-state index is 0.703. The van der Waals surface area contributed by atoms with Gasteiger partial charge in [-0.2, -0.15) is 0 Å². The zero-order valence-corrected chi connectivity index (χ0v) is 12.2. The summed E-state index contributed by atoms with van der Waals surface area (Å²) in [6.45, 7) is 5.83. The zero-order chi connectivity index (χ0) is 13.5. The molecule has 1 aromatic carbocycles. The number of benzene rings is 1. The Kier molecular flexibility index (Phi) is 2.92. The predicted octanol–water partition coefficient (Wildman–Crippen LogP) is 3.54. The maximum Gasteiger partial charge on any atom is 0.0475 e. The van der Waals surface area contributed by atoms with Crippen LogP contribution in [0.25, 0.3) is 0 Å². The van der Waals surface area contributed by atoms with E-state index in [0.717, 1.165) is 6.54 Å². The third kappa shape index (κ3) is 1.90. The molecule has 1 atom stereocenters. The second-order valence-electron chi connectivity index (χ2n) is 6.20. The lowest BCUT2D eigenvalue weighted by atomic mass is 9.99. The molecule has 0 radical (unpaired) electrons. The van der Waals surface area contributed by atoms with Crippen LogP contribution < -0.4 is 0 Å². The van der Waals surface area contributed by atoms with Gasteiger partial charge >= 0.3 is 0 Å². The number of aromatic nitrogens is 1. The van der Waals surface area contributed by atoms with Crippen molar-refractivity contribution in [3.63, 3.8) is 0 Å². The molecule has 2 aromatic rings. The molecule has 0 aliphatic carbocycles. The first-order valence-electron chi connectivity index (χ1n) is 7.80. The maximum atomic E-state index is 2.68. The molecule has 0 amide bonds. The molecule has 2 heteroatoms. The largest absolute Gasteiger partial charge is 0.344 e. The molecule has 0 spiro atoms. The van der Waals surface area contributed by atoms with E-state index < -0.39 is 0 Å².